The van der Waals surface area contributed by atoms with Gasteiger partial charge < -0.3 is 5.32 Å². The first kappa shape index (κ1) is 18.7. The van der Waals surface area contributed by atoms with E-state index in [0.29, 0.717) is 24.7 Å². The molecule has 0 bridgehead atoms. The van der Waals surface area contributed by atoms with Crippen LogP contribution in [-0.2, 0) is 16.4 Å². The van der Waals surface area contributed by atoms with Crippen LogP contribution in [0, 0.1) is 0 Å². The Morgan fingerprint density at radius 2 is 2.14 bits per heavy atom. The van der Waals surface area contributed by atoms with E-state index in [1.54, 1.807) is 16.4 Å². The molecule has 1 heterocycles. The van der Waals surface area contributed by atoms with Crippen molar-refractivity contribution in [3.8, 4) is 0 Å². The molecule has 21 heavy (non-hydrogen) atoms. The largest absolute Gasteiger partial charge is 0.314 e. The molecule has 0 aromatic heterocycles. The highest BCUT2D eigenvalue weighted by Gasteiger charge is 2.32. The van der Waals surface area contributed by atoms with E-state index < -0.39 is 10.0 Å². The number of benzene rings is 1. The highest BCUT2D eigenvalue weighted by atomic mass is 35.5. The van der Waals surface area contributed by atoms with Crippen LogP contribution >= 0.6 is 24.0 Å². The molecule has 1 aliphatic heterocycles. The maximum absolute atomic E-state index is 12.8. The number of sulfonamides is 1. The molecule has 1 N–H and O–H groups in total. The van der Waals surface area contributed by atoms with Gasteiger partial charge in [0, 0.05) is 25.7 Å². The Morgan fingerprint density at radius 3 is 2.76 bits per heavy atom. The summed E-state index contributed by atoms with van der Waals surface area (Å²) >= 11 is 6.13. The Morgan fingerprint density at radius 1 is 1.43 bits per heavy atom. The summed E-state index contributed by atoms with van der Waals surface area (Å²) in [5.74, 6) is 0. The molecule has 1 aromatic carbocycles. The topological polar surface area (TPSA) is 49.4 Å². The van der Waals surface area contributed by atoms with Crippen LogP contribution < -0.4 is 5.32 Å². The number of halogens is 2. The minimum Gasteiger partial charge on any atom is -0.314 e. The van der Waals surface area contributed by atoms with Gasteiger partial charge >= 0.3 is 0 Å². The van der Waals surface area contributed by atoms with Crippen LogP contribution in [-0.4, -0.2) is 38.4 Å². The summed E-state index contributed by atoms with van der Waals surface area (Å²) in [4.78, 5) is 0.235. The number of aryl methyl sites for hydroxylation is 1. The van der Waals surface area contributed by atoms with Gasteiger partial charge in [-0.3, -0.25) is 0 Å². The zero-order chi connectivity index (χ0) is 14.8. The van der Waals surface area contributed by atoms with E-state index >= 15 is 0 Å². The van der Waals surface area contributed by atoms with E-state index in [1.807, 2.05) is 13.0 Å². The van der Waals surface area contributed by atoms with E-state index in [0.717, 1.165) is 18.4 Å². The Labute approximate surface area is 138 Å². The minimum atomic E-state index is -3.52. The number of hydrogen-bond donors (Lipinski definition) is 1. The maximum atomic E-state index is 12.8. The molecule has 0 radical (unpaired) electrons. The molecule has 4 nitrogen and oxygen atoms in total. The average molecular weight is 353 g/mol. The Hall–Kier alpha value is -0.330. The molecule has 7 heteroatoms. The van der Waals surface area contributed by atoms with Crippen molar-refractivity contribution in [2.75, 3.05) is 19.6 Å². The fraction of sp³-hybridized carbons (Fsp3) is 0.571. The van der Waals surface area contributed by atoms with Gasteiger partial charge in [0.15, 0.2) is 0 Å². The first-order chi connectivity index (χ1) is 9.46. The number of rotatable bonds is 4. The third kappa shape index (κ3) is 4.11. The predicted octanol–water partition coefficient (Wildman–Crippen LogP) is 2.70. The average Bonchev–Trinajstić information content (AvgIpc) is 2.41. The van der Waals surface area contributed by atoms with Crippen molar-refractivity contribution in [3.63, 3.8) is 0 Å². The van der Waals surface area contributed by atoms with E-state index in [4.69, 9.17) is 11.6 Å². The standard InChI is InChI=1S/C14H21ClN2O2S.ClH/c1-3-4-12-5-6-13(15)14(9-12)20(18,19)17-8-7-16-10-11(17)2;/h5-6,9,11,16H,3-4,7-8,10H2,1-2H3;1H/t11-;/m0./s1. The molecule has 0 amide bonds. The lowest BCUT2D eigenvalue weighted by Gasteiger charge is -2.33. The van der Waals surface area contributed by atoms with Gasteiger partial charge in [-0.25, -0.2) is 8.42 Å². The highest BCUT2D eigenvalue weighted by Crippen LogP contribution is 2.27. The molecule has 0 saturated carbocycles. The van der Waals surface area contributed by atoms with Gasteiger partial charge in [0.2, 0.25) is 10.0 Å². The van der Waals surface area contributed by atoms with Gasteiger partial charge in [-0.15, -0.1) is 12.4 Å². The van der Waals surface area contributed by atoms with Gasteiger partial charge in [0.25, 0.3) is 0 Å². The van der Waals surface area contributed by atoms with Crippen molar-refractivity contribution in [1.82, 2.24) is 9.62 Å². The minimum absolute atomic E-state index is 0. The van der Waals surface area contributed by atoms with E-state index in [9.17, 15) is 8.42 Å². The van der Waals surface area contributed by atoms with Crippen LogP contribution in [0.25, 0.3) is 0 Å². The summed E-state index contributed by atoms with van der Waals surface area (Å²) in [6.45, 7) is 5.81. The Kier molecular flexibility index (Phi) is 6.94. The molecular formula is C14H22Cl2N2O2S. The normalized spacial score (nSPS) is 20.0. The monoisotopic (exact) mass is 352 g/mol. The highest BCUT2D eigenvalue weighted by molar-refractivity contribution is 7.89. The summed E-state index contributed by atoms with van der Waals surface area (Å²) in [6, 6.07) is 5.24. The first-order valence-electron chi connectivity index (χ1n) is 6.97. The summed E-state index contributed by atoms with van der Waals surface area (Å²) in [5, 5.41) is 3.50. The molecule has 1 atom stereocenters. The molecule has 120 valence electrons. The van der Waals surface area contributed by atoms with Crippen LogP contribution in [0.4, 0.5) is 0 Å². The Balaban J connectivity index is 0.00000220. The first-order valence-corrected chi connectivity index (χ1v) is 8.79. The zero-order valence-corrected chi connectivity index (χ0v) is 14.7. The van der Waals surface area contributed by atoms with E-state index in [2.05, 4.69) is 12.2 Å². The number of hydrogen-bond acceptors (Lipinski definition) is 3. The van der Waals surface area contributed by atoms with Crippen LogP contribution in [0.5, 0.6) is 0 Å². The maximum Gasteiger partial charge on any atom is 0.244 e. The fourth-order valence-corrected chi connectivity index (χ4v) is 4.65. The lowest BCUT2D eigenvalue weighted by molar-refractivity contribution is 0.284. The second kappa shape index (κ2) is 7.79. The molecule has 1 fully saturated rings. The SMILES string of the molecule is CCCc1ccc(Cl)c(S(=O)(=O)N2CCNC[C@@H]2C)c1.Cl. The molecule has 1 aliphatic rings. The fourth-order valence-electron chi connectivity index (χ4n) is 2.50. The molecular weight excluding hydrogens is 331 g/mol. The van der Waals surface area contributed by atoms with Crippen LogP contribution in [0.15, 0.2) is 23.1 Å². The summed E-state index contributed by atoms with van der Waals surface area (Å²) in [7, 11) is -3.52. The second-order valence-corrected chi connectivity index (χ2v) is 7.45. The third-order valence-electron chi connectivity index (χ3n) is 3.56. The number of nitrogens with zero attached hydrogens (tertiary/aromatic N) is 1. The summed E-state index contributed by atoms with van der Waals surface area (Å²) in [6.07, 6.45) is 1.84. The molecule has 0 spiro atoms. The van der Waals surface area contributed by atoms with Gasteiger partial charge in [-0.1, -0.05) is 31.0 Å². The smallest absolute Gasteiger partial charge is 0.244 e. The quantitative estimate of drug-likeness (QED) is 0.906. The Bertz CT molecular complexity index is 578. The van der Waals surface area contributed by atoms with Crippen molar-refractivity contribution in [2.24, 2.45) is 0 Å². The van der Waals surface area contributed by atoms with Crippen molar-refractivity contribution in [3.05, 3.63) is 28.8 Å². The zero-order valence-electron chi connectivity index (χ0n) is 12.3. The molecule has 0 aliphatic carbocycles. The summed E-state index contributed by atoms with van der Waals surface area (Å²) in [5.41, 5.74) is 1.01. The van der Waals surface area contributed by atoms with Crippen molar-refractivity contribution >= 4 is 34.0 Å². The van der Waals surface area contributed by atoms with E-state index in [1.165, 1.54) is 0 Å². The van der Waals surface area contributed by atoms with Crippen LogP contribution in [0.1, 0.15) is 25.8 Å². The van der Waals surface area contributed by atoms with Gasteiger partial charge in [0.1, 0.15) is 4.90 Å². The number of nitrogens with one attached hydrogen (secondary N) is 1. The second-order valence-electron chi connectivity index (χ2n) is 5.18. The lowest BCUT2D eigenvalue weighted by atomic mass is 10.1. The van der Waals surface area contributed by atoms with Crippen molar-refractivity contribution in [2.45, 2.75) is 37.6 Å². The van der Waals surface area contributed by atoms with Gasteiger partial charge in [-0.05, 0) is 31.0 Å². The van der Waals surface area contributed by atoms with Gasteiger partial charge in [0.05, 0.1) is 5.02 Å². The third-order valence-corrected chi connectivity index (χ3v) is 6.06. The lowest BCUT2D eigenvalue weighted by Crippen LogP contribution is -2.52. The molecule has 2 rings (SSSR count). The molecule has 0 unspecified atom stereocenters. The van der Waals surface area contributed by atoms with Gasteiger partial charge in [-0.2, -0.15) is 4.31 Å². The predicted molar refractivity (Wildman–Crippen MR) is 88.9 cm³/mol. The summed E-state index contributed by atoms with van der Waals surface area (Å²) < 4.78 is 27.1. The molecule has 1 aromatic rings. The van der Waals surface area contributed by atoms with E-state index in [-0.39, 0.29) is 23.3 Å². The van der Waals surface area contributed by atoms with Crippen molar-refractivity contribution < 1.29 is 8.42 Å². The molecule has 1 saturated heterocycles. The van der Waals surface area contributed by atoms with Crippen molar-refractivity contribution in [1.29, 1.82) is 0 Å². The van der Waals surface area contributed by atoms with Crippen LogP contribution in [0.3, 0.4) is 0 Å². The number of piperazine rings is 1. The van der Waals surface area contributed by atoms with Crippen LogP contribution in [0.2, 0.25) is 5.02 Å².